The molecular formula is C14H25ClN2O. The van der Waals surface area contributed by atoms with Crippen LogP contribution < -0.4 is 10.6 Å². The summed E-state index contributed by atoms with van der Waals surface area (Å²) in [7, 11) is 0. The minimum Gasteiger partial charge on any atom is -0.508 e. The molecule has 0 unspecified atom stereocenters. The Morgan fingerprint density at radius 1 is 1.22 bits per heavy atom. The van der Waals surface area contributed by atoms with Crippen molar-refractivity contribution < 1.29 is 5.11 Å². The average molecular weight is 273 g/mol. The van der Waals surface area contributed by atoms with Crippen LogP contribution in [0.5, 0.6) is 5.75 Å². The van der Waals surface area contributed by atoms with Gasteiger partial charge in [0.2, 0.25) is 0 Å². The first kappa shape index (κ1) is 17.1. The highest BCUT2D eigenvalue weighted by Crippen LogP contribution is 2.29. The number of hydrogen-bond donors (Lipinski definition) is 2. The number of nitrogens with zero attached hydrogens (tertiary/aromatic N) is 1. The third-order valence-corrected chi connectivity index (χ3v) is 3.14. The van der Waals surface area contributed by atoms with Crippen LogP contribution in [0.4, 0.5) is 5.69 Å². The second-order valence-electron chi connectivity index (χ2n) is 4.31. The molecule has 1 aromatic carbocycles. The molecule has 0 spiro atoms. The number of phenols is 1. The lowest BCUT2D eigenvalue weighted by Crippen LogP contribution is -2.21. The number of benzene rings is 1. The molecule has 0 amide bonds. The normalized spacial score (nSPS) is 11.8. The van der Waals surface area contributed by atoms with Crippen LogP contribution in [0.3, 0.4) is 0 Å². The van der Waals surface area contributed by atoms with E-state index in [9.17, 15) is 5.11 Å². The molecule has 0 saturated heterocycles. The van der Waals surface area contributed by atoms with E-state index in [1.807, 2.05) is 18.2 Å². The molecule has 18 heavy (non-hydrogen) atoms. The lowest BCUT2D eigenvalue weighted by Gasteiger charge is -2.22. The second-order valence-corrected chi connectivity index (χ2v) is 4.31. The number of phenolic OH excluding ortho intramolecular Hbond substituents is 1. The molecule has 0 bridgehead atoms. The molecule has 3 nitrogen and oxygen atoms in total. The van der Waals surface area contributed by atoms with E-state index < -0.39 is 0 Å². The summed E-state index contributed by atoms with van der Waals surface area (Å²) in [5.74, 6) is 0.315. The third kappa shape index (κ3) is 4.07. The van der Waals surface area contributed by atoms with Gasteiger partial charge < -0.3 is 15.7 Å². The maximum atomic E-state index is 10.0. The largest absolute Gasteiger partial charge is 0.508 e. The van der Waals surface area contributed by atoms with E-state index in [0.717, 1.165) is 37.2 Å². The standard InChI is InChI=1S/C14H24N2O.ClH/c1-4-7-13(15)12-9-8-11(10-14(12)17)16(5-2)6-3;/h8-10,13,17H,4-7,15H2,1-3H3;1H/t13-;/m0./s1. The van der Waals surface area contributed by atoms with Crippen LogP contribution in [0.1, 0.15) is 45.2 Å². The molecule has 0 aromatic heterocycles. The first-order valence-electron chi connectivity index (χ1n) is 6.47. The van der Waals surface area contributed by atoms with Crippen LogP contribution >= 0.6 is 12.4 Å². The van der Waals surface area contributed by atoms with Gasteiger partial charge in [0.1, 0.15) is 5.75 Å². The fraction of sp³-hybridized carbons (Fsp3) is 0.571. The summed E-state index contributed by atoms with van der Waals surface area (Å²) in [6, 6.07) is 5.74. The van der Waals surface area contributed by atoms with Gasteiger partial charge >= 0.3 is 0 Å². The molecule has 3 N–H and O–H groups in total. The number of hydrogen-bond acceptors (Lipinski definition) is 3. The molecule has 0 heterocycles. The maximum absolute atomic E-state index is 10.0. The molecule has 1 aromatic rings. The summed E-state index contributed by atoms with van der Waals surface area (Å²) < 4.78 is 0. The Kier molecular flexibility index (Phi) is 7.80. The Hall–Kier alpha value is -0.930. The van der Waals surface area contributed by atoms with E-state index in [4.69, 9.17) is 5.73 Å². The summed E-state index contributed by atoms with van der Waals surface area (Å²) in [4.78, 5) is 2.20. The zero-order valence-corrected chi connectivity index (χ0v) is 12.3. The molecule has 0 fully saturated rings. The van der Waals surface area contributed by atoms with Crippen molar-refractivity contribution in [2.75, 3.05) is 18.0 Å². The van der Waals surface area contributed by atoms with Crippen molar-refractivity contribution in [1.29, 1.82) is 0 Å². The number of nitrogens with two attached hydrogens (primary N) is 1. The van der Waals surface area contributed by atoms with Crippen LogP contribution in [-0.2, 0) is 0 Å². The quantitative estimate of drug-likeness (QED) is 0.834. The smallest absolute Gasteiger partial charge is 0.122 e. The highest BCUT2D eigenvalue weighted by molar-refractivity contribution is 5.85. The Morgan fingerprint density at radius 3 is 2.28 bits per heavy atom. The van der Waals surface area contributed by atoms with Gasteiger partial charge in [-0.15, -0.1) is 12.4 Å². The lowest BCUT2D eigenvalue weighted by molar-refractivity contribution is 0.458. The summed E-state index contributed by atoms with van der Waals surface area (Å²) in [5.41, 5.74) is 7.93. The summed E-state index contributed by atoms with van der Waals surface area (Å²) in [6.07, 6.45) is 1.93. The van der Waals surface area contributed by atoms with Gasteiger partial charge in [-0.2, -0.15) is 0 Å². The van der Waals surface area contributed by atoms with Gasteiger partial charge in [-0.3, -0.25) is 0 Å². The molecular weight excluding hydrogens is 248 g/mol. The fourth-order valence-corrected chi connectivity index (χ4v) is 2.10. The molecule has 0 aliphatic rings. The molecule has 0 saturated carbocycles. The van der Waals surface area contributed by atoms with Crippen molar-refractivity contribution in [1.82, 2.24) is 0 Å². The van der Waals surface area contributed by atoms with Gasteiger partial charge in [0.25, 0.3) is 0 Å². The Bertz CT molecular complexity index is 354. The van der Waals surface area contributed by atoms with Gasteiger partial charge in [-0.1, -0.05) is 19.4 Å². The van der Waals surface area contributed by atoms with E-state index in [0.29, 0.717) is 5.75 Å². The van der Waals surface area contributed by atoms with E-state index in [-0.39, 0.29) is 18.4 Å². The van der Waals surface area contributed by atoms with Crippen molar-refractivity contribution in [2.45, 2.75) is 39.7 Å². The van der Waals surface area contributed by atoms with Gasteiger partial charge in [0.15, 0.2) is 0 Å². The number of aromatic hydroxyl groups is 1. The van der Waals surface area contributed by atoms with Crippen LogP contribution in [0.15, 0.2) is 18.2 Å². The second kappa shape index (κ2) is 8.22. The highest BCUT2D eigenvalue weighted by Gasteiger charge is 2.12. The maximum Gasteiger partial charge on any atom is 0.122 e. The number of anilines is 1. The number of rotatable bonds is 6. The first-order chi connectivity index (χ1) is 8.13. The minimum absolute atomic E-state index is 0. The summed E-state index contributed by atoms with van der Waals surface area (Å²) in [5, 5.41) is 10.0. The Morgan fingerprint density at radius 2 is 1.83 bits per heavy atom. The lowest BCUT2D eigenvalue weighted by atomic mass is 10.0. The Balaban J connectivity index is 0.00000289. The van der Waals surface area contributed by atoms with Gasteiger partial charge in [-0.05, 0) is 26.3 Å². The van der Waals surface area contributed by atoms with Gasteiger partial charge in [0, 0.05) is 36.4 Å². The molecule has 0 aliphatic carbocycles. The molecule has 4 heteroatoms. The van der Waals surface area contributed by atoms with Crippen LogP contribution in [0.25, 0.3) is 0 Å². The molecule has 104 valence electrons. The minimum atomic E-state index is -0.0641. The van der Waals surface area contributed by atoms with Crippen LogP contribution in [-0.4, -0.2) is 18.2 Å². The van der Waals surface area contributed by atoms with Crippen LogP contribution in [0.2, 0.25) is 0 Å². The SMILES string of the molecule is CCC[C@H](N)c1ccc(N(CC)CC)cc1O.Cl. The van der Waals surface area contributed by atoms with Gasteiger partial charge in [0.05, 0.1) is 0 Å². The Labute approximate surface area is 116 Å². The molecule has 1 atom stereocenters. The third-order valence-electron chi connectivity index (χ3n) is 3.14. The molecule has 0 aliphatic heterocycles. The van der Waals surface area contributed by atoms with Crippen molar-refractivity contribution in [3.05, 3.63) is 23.8 Å². The van der Waals surface area contributed by atoms with E-state index >= 15 is 0 Å². The van der Waals surface area contributed by atoms with E-state index in [1.54, 1.807) is 0 Å². The highest BCUT2D eigenvalue weighted by atomic mass is 35.5. The van der Waals surface area contributed by atoms with Crippen molar-refractivity contribution >= 4 is 18.1 Å². The summed E-state index contributed by atoms with van der Waals surface area (Å²) >= 11 is 0. The van der Waals surface area contributed by atoms with Crippen molar-refractivity contribution in [3.63, 3.8) is 0 Å². The zero-order valence-electron chi connectivity index (χ0n) is 11.5. The predicted octanol–water partition coefficient (Wildman–Crippen LogP) is 3.46. The van der Waals surface area contributed by atoms with E-state index in [2.05, 4.69) is 25.7 Å². The average Bonchev–Trinajstić information content (AvgIpc) is 2.31. The fourth-order valence-electron chi connectivity index (χ4n) is 2.10. The van der Waals surface area contributed by atoms with Gasteiger partial charge in [-0.25, -0.2) is 0 Å². The number of halogens is 1. The summed E-state index contributed by atoms with van der Waals surface area (Å²) in [6.45, 7) is 8.20. The van der Waals surface area contributed by atoms with E-state index in [1.165, 1.54) is 0 Å². The molecule has 1 rings (SSSR count). The topological polar surface area (TPSA) is 49.5 Å². The molecule has 0 radical (unpaired) electrons. The van der Waals surface area contributed by atoms with Crippen molar-refractivity contribution in [2.24, 2.45) is 5.73 Å². The zero-order chi connectivity index (χ0) is 12.8. The predicted molar refractivity (Wildman–Crippen MR) is 80.8 cm³/mol. The van der Waals surface area contributed by atoms with Crippen molar-refractivity contribution in [3.8, 4) is 5.75 Å². The first-order valence-corrected chi connectivity index (χ1v) is 6.47. The van der Waals surface area contributed by atoms with Crippen LogP contribution in [0, 0.1) is 0 Å². The monoisotopic (exact) mass is 272 g/mol.